The van der Waals surface area contributed by atoms with Gasteiger partial charge in [0.1, 0.15) is 6.04 Å². The van der Waals surface area contributed by atoms with Crippen LogP contribution in [-0.2, 0) is 4.79 Å². The van der Waals surface area contributed by atoms with Gasteiger partial charge >= 0.3 is 5.97 Å². The van der Waals surface area contributed by atoms with E-state index in [1.54, 1.807) is 6.20 Å². The molecule has 1 aromatic heterocycles. The van der Waals surface area contributed by atoms with Crippen LogP contribution in [0.4, 0.5) is 0 Å². The molecule has 2 atom stereocenters. The number of carboxylic acid groups (broad SMARTS) is 1. The predicted octanol–water partition coefficient (Wildman–Crippen LogP) is 1.94. The lowest BCUT2D eigenvalue weighted by atomic mass is 10.1. The van der Waals surface area contributed by atoms with Gasteiger partial charge in [0, 0.05) is 12.2 Å². The van der Waals surface area contributed by atoms with Gasteiger partial charge in [-0.15, -0.1) is 0 Å². The normalized spacial score (nSPS) is 14.8. The van der Waals surface area contributed by atoms with Crippen molar-refractivity contribution in [2.45, 2.75) is 32.4 Å². The van der Waals surface area contributed by atoms with Crippen LogP contribution in [0.3, 0.4) is 0 Å². The van der Waals surface area contributed by atoms with E-state index < -0.39 is 12.0 Å². The molecule has 0 aliphatic carbocycles. The van der Waals surface area contributed by atoms with E-state index in [-0.39, 0.29) is 6.04 Å². The first-order chi connectivity index (χ1) is 7.57. The van der Waals surface area contributed by atoms with Crippen molar-refractivity contribution in [1.82, 2.24) is 9.88 Å². The number of hydrogen-bond acceptors (Lipinski definition) is 3. The van der Waals surface area contributed by atoms with E-state index in [2.05, 4.69) is 4.98 Å². The van der Waals surface area contributed by atoms with Crippen LogP contribution < -0.4 is 0 Å². The summed E-state index contributed by atoms with van der Waals surface area (Å²) < 4.78 is 0. The average Bonchev–Trinajstić information content (AvgIpc) is 2.29. The van der Waals surface area contributed by atoms with Crippen LogP contribution in [0.25, 0.3) is 0 Å². The highest BCUT2D eigenvalue weighted by atomic mass is 16.4. The Bertz CT molecular complexity index is 340. The molecule has 2 unspecified atom stereocenters. The standard InChI is InChI=1S/C12H18N2O2/c1-4-11(12(15)16)14(3)9(2)10-7-5-6-8-13-10/h5-9,11H,4H2,1-3H3,(H,15,16). The minimum atomic E-state index is -0.784. The first kappa shape index (κ1) is 12.6. The molecule has 1 heterocycles. The molecule has 0 aliphatic rings. The summed E-state index contributed by atoms with van der Waals surface area (Å²) in [6, 6.07) is 5.22. The van der Waals surface area contributed by atoms with Crippen LogP contribution in [0.1, 0.15) is 32.0 Å². The average molecular weight is 222 g/mol. The van der Waals surface area contributed by atoms with Crippen LogP contribution in [0.5, 0.6) is 0 Å². The van der Waals surface area contributed by atoms with Crippen molar-refractivity contribution in [2.24, 2.45) is 0 Å². The summed E-state index contributed by atoms with van der Waals surface area (Å²) in [6.45, 7) is 3.84. The summed E-state index contributed by atoms with van der Waals surface area (Å²) >= 11 is 0. The Morgan fingerprint density at radius 2 is 2.25 bits per heavy atom. The first-order valence-corrected chi connectivity index (χ1v) is 5.43. The minimum absolute atomic E-state index is 0.00208. The molecule has 0 saturated heterocycles. The van der Waals surface area contributed by atoms with E-state index in [0.717, 1.165) is 5.69 Å². The Kier molecular flexibility index (Phi) is 4.43. The minimum Gasteiger partial charge on any atom is -0.480 e. The van der Waals surface area contributed by atoms with Crippen molar-refractivity contribution >= 4 is 5.97 Å². The van der Waals surface area contributed by atoms with Crippen molar-refractivity contribution in [2.75, 3.05) is 7.05 Å². The predicted molar refractivity (Wildman–Crippen MR) is 62.1 cm³/mol. The molecule has 0 saturated carbocycles. The Labute approximate surface area is 95.9 Å². The third kappa shape index (κ3) is 2.79. The van der Waals surface area contributed by atoms with Gasteiger partial charge in [-0.05, 0) is 32.5 Å². The smallest absolute Gasteiger partial charge is 0.320 e. The van der Waals surface area contributed by atoms with Gasteiger partial charge < -0.3 is 5.11 Å². The van der Waals surface area contributed by atoms with Gasteiger partial charge in [0.2, 0.25) is 0 Å². The molecule has 0 radical (unpaired) electrons. The van der Waals surface area contributed by atoms with Crippen LogP contribution in [0, 0.1) is 0 Å². The van der Waals surface area contributed by atoms with Gasteiger partial charge in [-0.3, -0.25) is 14.7 Å². The van der Waals surface area contributed by atoms with E-state index in [9.17, 15) is 4.79 Å². The van der Waals surface area contributed by atoms with Crippen LogP contribution in [0.15, 0.2) is 24.4 Å². The number of hydrogen-bond donors (Lipinski definition) is 1. The highest BCUT2D eigenvalue weighted by Crippen LogP contribution is 2.19. The molecule has 0 spiro atoms. The second-order valence-electron chi connectivity index (χ2n) is 3.86. The largest absolute Gasteiger partial charge is 0.480 e. The highest BCUT2D eigenvalue weighted by molar-refractivity contribution is 5.73. The lowest BCUT2D eigenvalue weighted by Gasteiger charge is -2.29. The zero-order valence-corrected chi connectivity index (χ0v) is 9.92. The number of aliphatic carboxylic acids is 1. The molecule has 88 valence electrons. The van der Waals surface area contributed by atoms with E-state index in [1.165, 1.54) is 0 Å². The lowest BCUT2D eigenvalue weighted by molar-refractivity contribution is -0.143. The Hall–Kier alpha value is -1.42. The molecular weight excluding hydrogens is 204 g/mol. The fourth-order valence-corrected chi connectivity index (χ4v) is 1.74. The Balaban J connectivity index is 2.81. The molecule has 4 nitrogen and oxygen atoms in total. The van der Waals surface area contributed by atoms with Gasteiger partial charge in [0.25, 0.3) is 0 Å². The van der Waals surface area contributed by atoms with Crippen LogP contribution >= 0.6 is 0 Å². The van der Waals surface area contributed by atoms with Crippen molar-refractivity contribution in [3.05, 3.63) is 30.1 Å². The lowest BCUT2D eigenvalue weighted by Crippen LogP contribution is -2.39. The maximum absolute atomic E-state index is 11.0. The van der Waals surface area contributed by atoms with Crippen LogP contribution in [0.2, 0.25) is 0 Å². The topological polar surface area (TPSA) is 53.4 Å². The SMILES string of the molecule is CCC(C(=O)O)N(C)C(C)c1ccccn1. The summed E-state index contributed by atoms with van der Waals surface area (Å²) in [6.07, 6.45) is 2.31. The number of likely N-dealkylation sites (N-methyl/N-ethyl adjacent to an activating group) is 1. The Morgan fingerprint density at radius 1 is 1.56 bits per heavy atom. The third-order valence-electron chi connectivity index (χ3n) is 2.89. The summed E-state index contributed by atoms with van der Waals surface area (Å²) in [5.74, 6) is -0.784. The molecule has 16 heavy (non-hydrogen) atoms. The number of aromatic nitrogens is 1. The number of nitrogens with zero attached hydrogens (tertiary/aromatic N) is 2. The summed E-state index contributed by atoms with van der Waals surface area (Å²) in [5.41, 5.74) is 0.893. The maximum Gasteiger partial charge on any atom is 0.320 e. The second-order valence-corrected chi connectivity index (χ2v) is 3.86. The van der Waals surface area contributed by atoms with Gasteiger partial charge in [-0.25, -0.2) is 0 Å². The molecule has 0 amide bonds. The fourth-order valence-electron chi connectivity index (χ4n) is 1.74. The Morgan fingerprint density at radius 3 is 2.69 bits per heavy atom. The van der Waals surface area contributed by atoms with Crippen molar-refractivity contribution < 1.29 is 9.90 Å². The van der Waals surface area contributed by atoms with Gasteiger partial charge in [-0.2, -0.15) is 0 Å². The molecule has 4 heteroatoms. The molecule has 0 bridgehead atoms. The first-order valence-electron chi connectivity index (χ1n) is 5.43. The van der Waals surface area contributed by atoms with Gasteiger partial charge in [0.05, 0.1) is 5.69 Å². The molecular formula is C12H18N2O2. The number of carboxylic acids is 1. The maximum atomic E-state index is 11.0. The summed E-state index contributed by atoms with van der Waals surface area (Å²) in [7, 11) is 1.82. The van der Waals surface area contributed by atoms with E-state index in [0.29, 0.717) is 6.42 Å². The molecule has 1 N–H and O–H groups in total. The van der Waals surface area contributed by atoms with Crippen molar-refractivity contribution in [3.8, 4) is 0 Å². The zero-order chi connectivity index (χ0) is 12.1. The molecule has 1 rings (SSSR count). The fraction of sp³-hybridized carbons (Fsp3) is 0.500. The van der Waals surface area contributed by atoms with Crippen molar-refractivity contribution in [1.29, 1.82) is 0 Å². The van der Waals surface area contributed by atoms with E-state index in [1.807, 2.05) is 44.0 Å². The van der Waals surface area contributed by atoms with E-state index in [4.69, 9.17) is 5.11 Å². The number of carbonyl (C=O) groups is 1. The van der Waals surface area contributed by atoms with Gasteiger partial charge in [0.15, 0.2) is 0 Å². The molecule has 1 aromatic rings. The second kappa shape index (κ2) is 5.61. The number of pyridine rings is 1. The monoisotopic (exact) mass is 222 g/mol. The van der Waals surface area contributed by atoms with Crippen molar-refractivity contribution in [3.63, 3.8) is 0 Å². The summed E-state index contributed by atoms with van der Waals surface area (Å²) in [4.78, 5) is 17.1. The van der Waals surface area contributed by atoms with Gasteiger partial charge in [-0.1, -0.05) is 13.0 Å². The molecule has 0 aliphatic heterocycles. The quantitative estimate of drug-likeness (QED) is 0.827. The molecule has 0 aromatic carbocycles. The molecule has 0 fully saturated rings. The highest BCUT2D eigenvalue weighted by Gasteiger charge is 2.25. The van der Waals surface area contributed by atoms with E-state index >= 15 is 0 Å². The number of rotatable bonds is 5. The van der Waals surface area contributed by atoms with Crippen LogP contribution in [-0.4, -0.2) is 34.0 Å². The zero-order valence-electron chi connectivity index (χ0n) is 9.92. The summed E-state index contributed by atoms with van der Waals surface area (Å²) in [5, 5.41) is 9.08. The third-order valence-corrected chi connectivity index (χ3v) is 2.89.